The molecule has 2 aromatic heterocycles. The summed E-state index contributed by atoms with van der Waals surface area (Å²) < 4.78 is 4.52. The third-order valence-corrected chi connectivity index (χ3v) is 11.7. The summed E-state index contributed by atoms with van der Waals surface area (Å²) >= 11 is 25.4. The molecule has 8 heteroatoms. The van der Waals surface area contributed by atoms with Crippen LogP contribution in [0.5, 0.6) is 0 Å². The number of rotatable bonds is 10. The second-order valence-electron chi connectivity index (χ2n) is 14.3. The van der Waals surface area contributed by atoms with E-state index in [1.165, 1.54) is 22.3 Å². The van der Waals surface area contributed by atoms with E-state index in [0.29, 0.717) is 10.0 Å². The standard InChI is InChI=1S/C48H40Cl4N4/c1-32(35-8-4-33(5-9-35)30-55-26-24-45(43-22-16-39(51)28-47(43)55)53(2)41-18-12-37(49)13-19-41)36-10-6-34(7-11-36)31-56-27-25-46(44-23-17-40(52)29-48(44)56)54(3)42-20-14-38(50)15-21-42/h4-29,32H,30-31H2,1-3H3/q+2. The summed E-state index contributed by atoms with van der Waals surface area (Å²) in [6.45, 7) is 3.71. The van der Waals surface area contributed by atoms with Gasteiger partial charge in [-0.3, -0.25) is 0 Å². The van der Waals surface area contributed by atoms with Gasteiger partial charge in [0.2, 0.25) is 11.0 Å². The summed E-state index contributed by atoms with van der Waals surface area (Å²) in [4.78, 5) is 4.36. The third-order valence-electron chi connectivity index (χ3n) is 10.7. The van der Waals surface area contributed by atoms with Crippen molar-refractivity contribution in [2.24, 2.45) is 0 Å². The van der Waals surface area contributed by atoms with Crippen LogP contribution in [0.2, 0.25) is 20.1 Å². The van der Waals surface area contributed by atoms with Crippen molar-refractivity contribution in [3.63, 3.8) is 0 Å². The summed E-state index contributed by atoms with van der Waals surface area (Å²) in [6, 6.07) is 50.2. The molecule has 8 rings (SSSR count). The van der Waals surface area contributed by atoms with Crippen LogP contribution in [0.25, 0.3) is 21.8 Å². The van der Waals surface area contributed by atoms with Gasteiger partial charge in [0.25, 0.3) is 0 Å². The Kier molecular flexibility index (Phi) is 10.9. The maximum absolute atomic E-state index is 6.54. The first-order valence-electron chi connectivity index (χ1n) is 18.5. The maximum atomic E-state index is 6.54. The van der Waals surface area contributed by atoms with Crippen molar-refractivity contribution >= 4 is 91.0 Å². The van der Waals surface area contributed by atoms with Crippen molar-refractivity contribution in [1.29, 1.82) is 0 Å². The number of nitrogens with zero attached hydrogens (tertiary/aromatic N) is 4. The summed E-state index contributed by atoms with van der Waals surface area (Å²) in [5.74, 6) is 0.239. The van der Waals surface area contributed by atoms with Crippen molar-refractivity contribution in [2.75, 3.05) is 23.9 Å². The Bertz CT molecular complexity index is 2480. The fraction of sp³-hybridized carbons (Fsp3) is 0.125. The number of anilines is 4. The SMILES string of the molecule is CC(c1ccc(C[n+]2ccc(N(C)c3ccc(Cl)cc3)c3ccc(Cl)cc32)cc1)c1ccc(C[n+]2ccc(N(C)c3ccc(Cl)cc3)c3ccc(Cl)cc32)cc1. The van der Waals surface area contributed by atoms with Crippen LogP contribution in [0.3, 0.4) is 0 Å². The van der Waals surface area contributed by atoms with E-state index in [4.69, 9.17) is 46.4 Å². The number of hydrogen-bond acceptors (Lipinski definition) is 2. The van der Waals surface area contributed by atoms with E-state index in [2.05, 4.69) is 125 Å². The molecule has 0 bridgehead atoms. The highest BCUT2D eigenvalue weighted by molar-refractivity contribution is 6.32. The van der Waals surface area contributed by atoms with Gasteiger partial charge in [0, 0.05) is 86.9 Å². The second-order valence-corrected chi connectivity index (χ2v) is 16.0. The maximum Gasteiger partial charge on any atom is 0.216 e. The van der Waals surface area contributed by atoms with Gasteiger partial charge in [0.15, 0.2) is 25.5 Å². The molecule has 0 spiro atoms. The van der Waals surface area contributed by atoms with E-state index < -0.39 is 0 Å². The average molecular weight is 815 g/mol. The van der Waals surface area contributed by atoms with Crippen LogP contribution in [0, 0.1) is 0 Å². The van der Waals surface area contributed by atoms with Gasteiger partial charge >= 0.3 is 0 Å². The predicted octanol–water partition coefficient (Wildman–Crippen LogP) is 13.0. The molecule has 0 aliphatic heterocycles. The van der Waals surface area contributed by atoms with Crippen molar-refractivity contribution in [3.05, 3.63) is 200 Å². The normalized spacial score (nSPS) is 11.4. The zero-order valence-electron chi connectivity index (χ0n) is 31.3. The van der Waals surface area contributed by atoms with E-state index in [-0.39, 0.29) is 5.92 Å². The minimum atomic E-state index is 0.239. The number of fused-ring (bicyclic) bond motifs is 2. The lowest BCUT2D eigenvalue weighted by atomic mass is 9.92. The lowest BCUT2D eigenvalue weighted by molar-refractivity contribution is -0.662. The molecule has 0 unspecified atom stereocenters. The predicted molar refractivity (Wildman–Crippen MR) is 236 cm³/mol. The van der Waals surface area contributed by atoms with E-state index >= 15 is 0 Å². The Morgan fingerprint density at radius 2 is 0.804 bits per heavy atom. The molecule has 56 heavy (non-hydrogen) atoms. The van der Waals surface area contributed by atoms with Gasteiger partial charge in [-0.1, -0.05) is 102 Å². The molecule has 0 aliphatic rings. The molecule has 0 aliphatic carbocycles. The van der Waals surface area contributed by atoms with E-state index in [1.807, 2.05) is 72.8 Å². The van der Waals surface area contributed by atoms with E-state index in [9.17, 15) is 0 Å². The molecule has 0 amide bonds. The van der Waals surface area contributed by atoms with Crippen LogP contribution in [-0.2, 0) is 13.1 Å². The zero-order chi connectivity index (χ0) is 38.9. The first kappa shape index (κ1) is 37.8. The second kappa shape index (κ2) is 16.2. The van der Waals surface area contributed by atoms with Gasteiger partial charge in [-0.05, 0) is 83.9 Å². The molecular weight excluding hydrogens is 774 g/mol. The largest absolute Gasteiger partial charge is 0.344 e. The van der Waals surface area contributed by atoms with Gasteiger partial charge in [-0.25, -0.2) is 0 Å². The van der Waals surface area contributed by atoms with Crippen LogP contribution < -0.4 is 18.9 Å². The molecule has 0 N–H and O–H groups in total. The molecule has 278 valence electrons. The molecule has 4 nitrogen and oxygen atoms in total. The monoisotopic (exact) mass is 812 g/mol. The molecule has 0 saturated heterocycles. The number of aromatic nitrogens is 2. The fourth-order valence-electron chi connectivity index (χ4n) is 7.46. The molecule has 6 aromatic carbocycles. The Morgan fingerprint density at radius 3 is 1.18 bits per heavy atom. The van der Waals surface area contributed by atoms with Gasteiger partial charge in [-0.15, -0.1) is 0 Å². The van der Waals surface area contributed by atoms with Crippen molar-refractivity contribution in [2.45, 2.75) is 25.9 Å². The highest BCUT2D eigenvalue weighted by atomic mass is 35.5. The highest BCUT2D eigenvalue weighted by Crippen LogP contribution is 2.34. The van der Waals surface area contributed by atoms with Crippen LogP contribution in [0.1, 0.15) is 35.1 Å². The average Bonchev–Trinajstić information content (AvgIpc) is 3.21. The summed E-state index contributed by atoms with van der Waals surface area (Å²) in [6.07, 6.45) is 4.28. The number of halogens is 4. The fourth-order valence-corrected chi connectivity index (χ4v) is 8.04. The molecule has 8 aromatic rings. The lowest BCUT2D eigenvalue weighted by Gasteiger charge is -2.21. The van der Waals surface area contributed by atoms with E-state index in [0.717, 1.165) is 67.7 Å². The smallest absolute Gasteiger partial charge is 0.216 e. The van der Waals surface area contributed by atoms with Crippen molar-refractivity contribution in [1.82, 2.24) is 0 Å². The molecule has 2 heterocycles. The van der Waals surface area contributed by atoms with Crippen LogP contribution in [0.15, 0.2) is 158 Å². The quantitative estimate of drug-likeness (QED) is 0.128. The first-order valence-corrected chi connectivity index (χ1v) is 20.0. The van der Waals surface area contributed by atoms with Gasteiger partial charge in [0.05, 0.1) is 22.1 Å². The molecular formula is C48H40Cl4N4+2. The Morgan fingerprint density at radius 1 is 0.446 bits per heavy atom. The van der Waals surface area contributed by atoms with Crippen molar-refractivity contribution < 1.29 is 9.13 Å². The van der Waals surface area contributed by atoms with Crippen LogP contribution in [-0.4, -0.2) is 14.1 Å². The summed E-state index contributed by atoms with van der Waals surface area (Å²) in [5, 5.41) is 5.10. The Labute approximate surface area is 348 Å². The number of hydrogen-bond donors (Lipinski definition) is 0. The third kappa shape index (κ3) is 7.94. The molecule has 0 fully saturated rings. The molecule has 0 saturated carbocycles. The van der Waals surface area contributed by atoms with E-state index in [1.54, 1.807) is 0 Å². The van der Waals surface area contributed by atoms with Crippen molar-refractivity contribution in [3.8, 4) is 0 Å². The summed E-state index contributed by atoms with van der Waals surface area (Å²) in [5.41, 5.74) is 11.4. The van der Waals surface area contributed by atoms with Gasteiger partial charge < -0.3 is 9.80 Å². The summed E-state index contributed by atoms with van der Waals surface area (Å²) in [7, 11) is 4.15. The topological polar surface area (TPSA) is 14.2 Å². The van der Waals surface area contributed by atoms with Gasteiger partial charge in [-0.2, -0.15) is 9.13 Å². The first-order chi connectivity index (χ1) is 27.1. The highest BCUT2D eigenvalue weighted by Gasteiger charge is 2.20. The molecule has 0 atom stereocenters. The zero-order valence-corrected chi connectivity index (χ0v) is 34.3. The Hall–Kier alpha value is -5.10. The number of pyridine rings is 2. The molecule has 0 radical (unpaired) electrons. The number of benzene rings is 6. The van der Waals surface area contributed by atoms with Crippen LogP contribution >= 0.6 is 46.4 Å². The minimum Gasteiger partial charge on any atom is -0.344 e. The lowest BCUT2D eigenvalue weighted by Crippen LogP contribution is -2.35. The van der Waals surface area contributed by atoms with Crippen LogP contribution in [0.4, 0.5) is 22.7 Å². The van der Waals surface area contributed by atoms with Gasteiger partial charge in [0.1, 0.15) is 0 Å². The Balaban J connectivity index is 0.982. The minimum absolute atomic E-state index is 0.239.